The Hall–Kier alpha value is -0.900. The van der Waals surface area contributed by atoms with E-state index in [0.717, 1.165) is 5.69 Å². The zero-order valence-corrected chi connectivity index (χ0v) is 11.0. The minimum atomic E-state index is -0.398. The van der Waals surface area contributed by atoms with Crippen LogP contribution in [-0.2, 0) is 4.79 Å². The van der Waals surface area contributed by atoms with Crippen LogP contribution in [0.4, 0.5) is 5.69 Å². The Kier molecular flexibility index (Phi) is 3.50. The Morgan fingerprint density at radius 2 is 2.00 bits per heavy atom. The lowest BCUT2D eigenvalue weighted by atomic mass is 9.95. The van der Waals surface area contributed by atoms with E-state index in [-0.39, 0.29) is 5.91 Å². The highest BCUT2D eigenvalue weighted by atomic mass is 79.9. The van der Waals surface area contributed by atoms with Crippen molar-refractivity contribution in [1.29, 1.82) is 0 Å². The number of carbonyl (C=O) groups is 1. The molecule has 0 unspecified atom stereocenters. The maximum Gasteiger partial charge on any atom is 0.229 e. The van der Waals surface area contributed by atoms with Crippen LogP contribution in [0.15, 0.2) is 16.7 Å². The van der Waals surface area contributed by atoms with Crippen molar-refractivity contribution in [3.8, 4) is 0 Å². The Labute approximate surface area is 98.4 Å². The van der Waals surface area contributed by atoms with Crippen molar-refractivity contribution in [2.75, 3.05) is 5.32 Å². The van der Waals surface area contributed by atoms with Gasteiger partial charge in [0.25, 0.3) is 0 Å². The topological polar surface area (TPSA) is 42.0 Å². The lowest BCUT2D eigenvalue weighted by Crippen LogP contribution is -2.27. The molecule has 0 aliphatic rings. The number of amides is 1. The van der Waals surface area contributed by atoms with Gasteiger partial charge >= 0.3 is 0 Å². The summed E-state index contributed by atoms with van der Waals surface area (Å²) in [5, 5.41) is 2.83. The molecule has 0 spiro atoms. The van der Waals surface area contributed by atoms with Crippen LogP contribution in [0.2, 0.25) is 0 Å². The molecule has 1 rings (SSSR count). The van der Waals surface area contributed by atoms with Crippen LogP contribution in [0.5, 0.6) is 0 Å². The molecule has 3 nitrogen and oxygen atoms in total. The second-order valence-corrected chi connectivity index (χ2v) is 5.25. The van der Waals surface area contributed by atoms with E-state index in [2.05, 4.69) is 26.2 Å². The van der Waals surface area contributed by atoms with Crippen molar-refractivity contribution in [2.45, 2.75) is 27.7 Å². The monoisotopic (exact) mass is 270 g/mol. The fourth-order valence-corrected chi connectivity index (χ4v) is 1.44. The van der Waals surface area contributed by atoms with Crippen LogP contribution in [0.3, 0.4) is 0 Å². The number of nitrogens with one attached hydrogen (secondary N) is 1. The molecule has 0 radical (unpaired) electrons. The fraction of sp³-hybridized carbons (Fsp3) is 0.455. The SMILES string of the molecule is Cc1ccc(NC(=O)C(C)(C)C)c(Br)n1. The summed E-state index contributed by atoms with van der Waals surface area (Å²) in [6.07, 6.45) is 0. The molecule has 0 aliphatic carbocycles. The molecule has 0 bridgehead atoms. The van der Waals surface area contributed by atoms with Gasteiger partial charge in [-0.05, 0) is 35.0 Å². The predicted octanol–water partition coefficient (Wildman–Crippen LogP) is 3.14. The number of hydrogen-bond donors (Lipinski definition) is 1. The molecular weight excluding hydrogens is 256 g/mol. The third-order valence-corrected chi connectivity index (χ3v) is 2.52. The Morgan fingerprint density at radius 3 is 2.47 bits per heavy atom. The van der Waals surface area contributed by atoms with Crippen LogP contribution >= 0.6 is 15.9 Å². The van der Waals surface area contributed by atoms with E-state index in [4.69, 9.17) is 0 Å². The first kappa shape index (κ1) is 12.2. The van der Waals surface area contributed by atoms with E-state index in [1.807, 2.05) is 39.8 Å². The van der Waals surface area contributed by atoms with Crippen LogP contribution in [0.1, 0.15) is 26.5 Å². The molecule has 0 atom stereocenters. The number of anilines is 1. The number of pyridine rings is 1. The number of halogens is 1. The van der Waals surface area contributed by atoms with Crippen molar-refractivity contribution in [2.24, 2.45) is 5.41 Å². The van der Waals surface area contributed by atoms with Gasteiger partial charge in [-0.2, -0.15) is 0 Å². The normalized spacial score (nSPS) is 11.3. The van der Waals surface area contributed by atoms with E-state index in [1.165, 1.54) is 0 Å². The van der Waals surface area contributed by atoms with E-state index in [0.29, 0.717) is 10.3 Å². The first-order valence-corrected chi connectivity index (χ1v) is 5.54. The highest BCUT2D eigenvalue weighted by molar-refractivity contribution is 9.10. The van der Waals surface area contributed by atoms with Crippen molar-refractivity contribution in [3.63, 3.8) is 0 Å². The minimum absolute atomic E-state index is 0.0196. The van der Waals surface area contributed by atoms with Crippen molar-refractivity contribution < 1.29 is 4.79 Å². The summed E-state index contributed by atoms with van der Waals surface area (Å²) in [6.45, 7) is 7.52. The number of hydrogen-bond acceptors (Lipinski definition) is 2. The molecule has 1 N–H and O–H groups in total. The molecular formula is C11H15BrN2O. The largest absolute Gasteiger partial charge is 0.323 e. The summed E-state index contributed by atoms with van der Waals surface area (Å²) < 4.78 is 0.667. The first-order chi connectivity index (χ1) is 6.80. The molecule has 82 valence electrons. The number of rotatable bonds is 1. The summed E-state index contributed by atoms with van der Waals surface area (Å²) in [7, 11) is 0. The van der Waals surface area contributed by atoms with Gasteiger partial charge in [-0.25, -0.2) is 4.98 Å². The molecule has 1 heterocycles. The molecule has 15 heavy (non-hydrogen) atoms. The first-order valence-electron chi connectivity index (χ1n) is 4.75. The molecule has 0 fully saturated rings. The second-order valence-electron chi connectivity index (χ2n) is 4.50. The van der Waals surface area contributed by atoms with Gasteiger partial charge in [0.05, 0.1) is 5.69 Å². The number of aromatic nitrogens is 1. The summed E-state index contributed by atoms with van der Waals surface area (Å²) in [5.74, 6) is -0.0196. The molecule has 1 aromatic heterocycles. The Balaban J connectivity index is 2.87. The second kappa shape index (κ2) is 4.31. The van der Waals surface area contributed by atoms with Gasteiger partial charge in [-0.1, -0.05) is 20.8 Å². The number of nitrogens with zero attached hydrogens (tertiary/aromatic N) is 1. The fourth-order valence-electron chi connectivity index (χ4n) is 0.928. The Morgan fingerprint density at radius 1 is 1.40 bits per heavy atom. The van der Waals surface area contributed by atoms with Crippen LogP contribution in [0.25, 0.3) is 0 Å². The molecule has 0 aliphatic heterocycles. The maximum absolute atomic E-state index is 11.7. The van der Waals surface area contributed by atoms with Crippen LogP contribution in [-0.4, -0.2) is 10.9 Å². The highest BCUT2D eigenvalue weighted by Gasteiger charge is 2.21. The standard InChI is InChI=1S/C11H15BrN2O/c1-7-5-6-8(9(12)13-7)14-10(15)11(2,3)4/h5-6H,1-4H3,(H,14,15). The third kappa shape index (κ3) is 3.30. The summed E-state index contributed by atoms with van der Waals surface area (Å²) >= 11 is 3.32. The smallest absolute Gasteiger partial charge is 0.229 e. The lowest BCUT2D eigenvalue weighted by Gasteiger charge is -2.18. The average molecular weight is 271 g/mol. The average Bonchev–Trinajstić information content (AvgIpc) is 2.08. The van der Waals surface area contributed by atoms with Gasteiger partial charge in [0.1, 0.15) is 4.60 Å². The van der Waals surface area contributed by atoms with E-state index in [1.54, 1.807) is 0 Å². The third-order valence-electron chi connectivity index (χ3n) is 1.92. The maximum atomic E-state index is 11.7. The molecule has 0 aromatic carbocycles. The van der Waals surface area contributed by atoms with Gasteiger partial charge in [-0.15, -0.1) is 0 Å². The summed E-state index contributed by atoms with van der Waals surface area (Å²) in [5.41, 5.74) is 1.22. The molecule has 4 heteroatoms. The Bertz CT molecular complexity index is 383. The predicted molar refractivity (Wildman–Crippen MR) is 64.8 cm³/mol. The van der Waals surface area contributed by atoms with Gasteiger partial charge in [0.15, 0.2) is 0 Å². The zero-order valence-electron chi connectivity index (χ0n) is 9.39. The van der Waals surface area contributed by atoms with E-state index in [9.17, 15) is 4.79 Å². The zero-order chi connectivity index (χ0) is 11.6. The molecule has 0 saturated heterocycles. The van der Waals surface area contributed by atoms with Gasteiger partial charge in [0.2, 0.25) is 5.91 Å². The van der Waals surface area contributed by atoms with Crippen LogP contribution < -0.4 is 5.32 Å². The van der Waals surface area contributed by atoms with Crippen LogP contribution in [0, 0.1) is 12.3 Å². The molecule has 1 amide bonds. The highest BCUT2D eigenvalue weighted by Crippen LogP contribution is 2.23. The minimum Gasteiger partial charge on any atom is -0.323 e. The van der Waals surface area contributed by atoms with E-state index < -0.39 is 5.41 Å². The molecule has 0 saturated carbocycles. The quantitative estimate of drug-likeness (QED) is 0.797. The van der Waals surface area contributed by atoms with Crippen molar-refractivity contribution >= 4 is 27.5 Å². The lowest BCUT2D eigenvalue weighted by molar-refractivity contribution is -0.123. The summed E-state index contributed by atoms with van der Waals surface area (Å²) in [6, 6.07) is 3.71. The summed E-state index contributed by atoms with van der Waals surface area (Å²) in [4.78, 5) is 15.9. The van der Waals surface area contributed by atoms with Gasteiger partial charge in [0, 0.05) is 11.1 Å². The van der Waals surface area contributed by atoms with Gasteiger partial charge < -0.3 is 5.32 Å². The van der Waals surface area contributed by atoms with E-state index >= 15 is 0 Å². The number of aryl methyl sites for hydroxylation is 1. The van der Waals surface area contributed by atoms with Crippen molar-refractivity contribution in [1.82, 2.24) is 4.98 Å². The van der Waals surface area contributed by atoms with Gasteiger partial charge in [-0.3, -0.25) is 4.79 Å². The van der Waals surface area contributed by atoms with Crippen molar-refractivity contribution in [3.05, 3.63) is 22.4 Å². The molecule has 1 aromatic rings. The number of carbonyl (C=O) groups excluding carboxylic acids is 1.